The van der Waals surface area contributed by atoms with E-state index >= 15 is 0 Å². The van der Waals surface area contributed by atoms with Crippen molar-refractivity contribution in [1.82, 2.24) is 4.57 Å². The number of rotatable bonds is 2. The zero-order chi connectivity index (χ0) is 12.5. The van der Waals surface area contributed by atoms with Crippen LogP contribution in [0.2, 0.25) is 0 Å². The molecular weight excluding hydrogens is 226 g/mol. The summed E-state index contributed by atoms with van der Waals surface area (Å²) in [6.45, 7) is 3.99. The highest BCUT2D eigenvalue weighted by atomic mass is 16.1. The molecule has 0 aliphatic carbocycles. The average molecular weight is 244 g/mol. The van der Waals surface area contributed by atoms with Gasteiger partial charge in [-0.1, -0.05) is 6.07 Å². The fraction of sp³-hybridized carbons (Fsp3) is 0.571. The fourth-order valence-electron chi connectivity index (χ4n) is 3.56. The number of likely N-dealkylation sites (tertiary alicyclic amines) is 1. The third-order valence-corrected chi connectivity index (χ3v) is 4.26. The molecule has 0 aromatic carbocycles. The molecule has 94 valence electrons. The second-order valence-corrected chi connectivity index (χ2v) is 5.51. The first kappa shape index (κ1) is 11.5. The van der Waals surface area contributed by atoms with Gasteiger partial charge in [0.05, 0.1) is 32.1 Å². The van der Waals surface area contributed by atoms with E-state index in [1.165, 1.54) is 17.0 Å². The van der Waals surface area contributed by atoms with Crippen molar-refractivity contribution < 1.29 is 4.90 Å². The van der Waals surface area contributed by atoms with Crippen LogP contribution in [0, 0.1) is 17.2 Å². The van der Waals surface area contributed by atoms with E-state index in [0.717, 1.165) is 26.2 Å². The molecule has 2 bridgehead atoms. The highest BCUT2D eigenvalue weighted by molar-refractivity contribution is 5.15. The maximum Gasteiger partial charge on any atom is 0.250 e. The van der Waals surface area contributed by atoms with Gasteiger partial charge < -0.3 is 9.47 Å². The standard InChI is InChI=1S/C14H17N3O/c15-5-2-6-16-8-11-7-12(10-16)13-3-1-4-14(18)17(13)9-11/h1,3-4,11-12H,2,6-10H2/p+1/t11-,12+/m1/s1. The second-order valence-electron chi connectivity index (χ2n) is 5.51. The smallest absolute Gasteiger partial charge is 0.250 e. The molecule has 4 heteroatoms. The first-order valence-corrected chi connectivity index (χ1v) is 6.68. The van der Waals surface area contributed by atoms with Crippen LogP contribution in [0.15, 0.2) is 23.0 Å². The molecule has 2 aliphatic rings. The van der Waals surface area contributed by atoms with Crippen LogP contribution in [-0.4, -0.2) is 24.2 Å². The molecule has 1 unspecified atom stereocenters. The van der Waals surface area contributed by atoms with Gasteiger partial charge in [0.15, 0.2) is 0 Å². The highest BCUT2D eigenvalue weighted by Crippen LogP contribution is 2.29. The van der Waals surface area contributed by atoms with Crippen molar-refractivity contribution >= 4 is 0 Å². The van der Waals surface area contributed by atoms with Gasteiger partial charge in [0.25, 0.3) is 5.56 Å². The molecule has 3 heterocycles. The molecule has 0 amide bonds. The van der Waals surface area contributed by atoms with Crippen LogP contribution in [0.1, 0.15) is 24.5 Å². The van der Waals surface area contributed by atoms with Gasteiger partial charge in [-0.15, -0.1) is 0 Å². The Morgan fingerprint density at radius 1 is 1.44 bits per heavy atom. The Labute approximate surface area is 106 Å². The first-order valence-electron chi connectivity index (χ1n) is 6.68. The van der Waals surface area contributed by atoms with Crippen LogP contribution >= 0.6 is 0 Å². The Morgan fingerprint density at radius 2 is 2.33 bits per heavy atom. The van der Waals surface area contributed by atoms with Crippen molar-refractivity contribution in [2.45, 2.75) is 25.3 Å². The number of hydrogen-bond donors (Lipinski definition) is 1. The summed E-state index contributed by atoms with van der Waals surface area (Å²) in [6, 6.07) is 7.86. The van der Waals surface area contributed by atoms with Crippen LogP contribution in [0.4, 0.5) is 0 Å². The number of nitrogens with one attached hydrogen (secondary N) is 1. The molecule has 2 aliphatic heterocycles. The summed E-state index contributed by atoms with van der Waals surface area (Å²) in [5, 5.41) is 8.69. The highest BCUT2D eigenvalue weighted by Gasteiger charge is 2.36. The van der Waals surface area contributed by atoms with E-state index in [1.54, 1.807) is 6.07 Å². The minimum Gasteiger partial charge on any atom is -0.333 e. The number of quaternary nitrogens is 1. The predicted octanol–water partition coefficient (Wildman–Crippen LogP) is -0.236. The Morgan fingerprint density at radius 3 is 3.17 bits per heavy atom. The Hall–Kier alpha value is -1.60. The first-order chi connectivity index (χ1) is 8.78. The zero-order valence-electron chi connectivity index (χ0n) is 10.4. The van der Waals surface area contributed by atoms with Crippen LogP contribution in [-0.2, 0) is 6.54 Å². The van der Waals surface area contributed by atoms with Gasteiger partial charge in [-0.2, -0.15) is 5.26 Å². The van der Waals surface area contributed by atoms with E-state index in [9.17, 15) is 4.79 Å². The van der Waals surface area contributed by atoms with Gasteiger partial charge in [0.1, 0.15) is 0 Å². The van der Waals surface area contributed by atoms with Crippen molar-refractivity contribution in [1.29, 1.82) is 5.26 Å². The lowest BCUT2D eigenvalue weighted by Gasteiger charge is -2.40. The molecule has 0 saturated carbocycles. The lowest BCUT2D eigenvalue weighted by Crippen LogP contribution is -3.14. The molecule has 1 fully saturated rings. The van der Waals surface area contributed by atoms with Gasteiger partial charge in [-0.05, 0) is 12.5 Å². The molecule has 4 nitrogen and oxygen atoms in total. The largest absolute Gasteiger partial charge is 0.333 e. The minimum atomic E-state index is 0.141. The molecular formula is C14H18N3O+. The van der Waals surface area contributed by atoms with Crippen LogP contribution in [0.3, 0.4) is 0 Å². The second kappa shape index (κ2) is 4.58. The minimum absolute atomic E-state index is 0.141. The Bertz CT molecular complexity index is 543. The summed E-state index contributed by atoms with van der Waals surface area (Å²) in [5.41, 5.74) is 1.34. The Kier molecular flexibility index (Phi) is 2.92. The van der Waals surface area contributed by atoms with Gasteiger partial charge in [-0.3, -0.25) is 4.79 Å². The number of fused-ring (bicyclic) bond motifs is 4. The summed E-state index contributed by atoms with van der Waals surface area (Å²) in [5.74, 6) is 1.10. The summed E-state index contributed by atoms with van der Waals surface area (Å²) < 4.78 is 1.96. The quantitative estimate of drug-likeness (QED) is 0.781. The van der Waals surface area contributed by atoms with Crippen LogP contribution < -0.4 is 10.5 Å². The van der Waals surface area contributed by atoms with Crippen molar-refractivity contribution in [2.75, 3.05) is 19.6 Å². The SMILES string of the molecule is N#CCC[NH+]1C[C@H]2C[C@@H](C1)c1cccc(=O)n1C2. The van der Waals surface area contributed by atoms with E-state index in [1.807, 2.05) is 10.6 Å². The number of pyridine rings is 1. The molecule has 1 N–H and O–H groups in total. The van der Waals surface area contributed by atoms with Gasteiger partial charge >= 0.3 is 0 Å². The van der Waals surface area contributed by atoms with Gasteiger partial charge in [0.2, 0.25) is 0 Å². The fourth-order valence-corrected chi connectivity index (χ4v) is 3.56. The zero-order valence-corrected chi connectivity index (χ0v) is 10.4. The third kappa shape index (κ3) is 1.95. The third-order valence-electron chi connectivity index (χ3n) is 4.26. The summed E-state index contributed by atoms with van der Waals surface area (Å²) in [4.78, 5) is 13.4. The van der Waals surface area contributed by atoms with Gasteiger partial charge in [-0.25, -0.2) is 0 Å². The van der Waals surface area contributed by atoms with Crippen LogP contribution in [0.5, 0.6) is 0 Å². The number of hydrogen-bond acceptors (Lipinski definition) is 2. The summed E-state index contributed by atoms with van der Waals surface area (Å²) in [6.07, 6.45) is 1.84. The average Bonchev–Trinajstić information content (AvgIpc) is 2.38. The van der Waals surface area contributed by atoms with E-state index in [0.29, 0.717) is 18.3 Å². The molecule has 18 heavy (non-hydrogen) atoms. The van der Waals surface area contributed by atoms with E-state index in [4.69, 9.17) is 5.26 Å². The molecule has 0 spiro atoms. The van der Waals surface area contributed by atoms with Crippen molar-refractivity contribution in [3.05, 3.63) is 34.2 Å². The molecule has 3 rings (SSSR count). The maximum absolute atomic E-state index is 11.9. The normalized spacial score (nSPS) is 29.4. The predicted molar refractivity (Wildman–Crippen MR) is 67.3 cm³/mol. The number of nitriles is 1. The molecule has 1 aromatic heterocycles. The monoisotopic (exact) mass is 244 g/mol. The van der Waals surface area contributed by atoms with E-state index < -0.39 is 0 Å². The van der Waals surface area contributed by atoms with E-state index in [-0.39, 0.29) is 5.56 Å². The van der Waals surface area contributed by atoms with Gasteiger partial charge in [0, 0.05) is 30.1 Å². The van der Waals surface area contributed by atoms with E-state index in [2.05, 4.69) is 12.1 Å². The molecule has 1 aromatic rings. The summed E-state index contributed by atoms with van der Waals surface area (Å²) in [7, 11) is 0. The number of aromatic nitrogens is 1. The molecule has 3 atom stereocenters. The van der Waals surface area contributed by atoms with Crippen molar-refractivity contribution in [2.24, 2.45) is 5.92 Å². The maximum atomic E-state index is 11.9. The van der Waals surface area contributed by atoms with Crippen LogP contribution in [0.25, 0.3) is 0 Å². The molecule has 1 saturated heterocycles. The molecule has 0 radical (unpaired) electrons. The lowest BCUT2D eigenvalue weighted by atomic mass is 9.83. The van der Waals surface area contributed by atoms with Crippen molar-refractivity contribution in [3.8, 4) is 6.07 Å². The summed E-state index contributed by atoms with van der Waals surface area (Å²) >= 11 is 0. The number of piperidine rings is 1. The topological polar surface area (TPSA) is 50.2 Å². The number of nitrogens with zero attached hydrogens (tertiary/aromatic N) is 2. The lowest BCUT2D eigenvalue weighted by molar-refractivity contribution is -0.910. The van der Waals surface area contributed by atoms with Crippen molar-refractivity contribution in [3.63, 3.8) is 0 Å². The Balaban J connectivity index is 1.86.